The highest BCUT2D eigenvalue weighted by Crippen LogP contribution is 1.91. The van der Waals surface area contributed by atoms with Gasteiger partial charge in [-0.1, -0.05) is 0 Å². The maximum atomic E-state index is 8.77. The van der Waals surface area contributed by atoms with Gasteiger partial charge in [0.15, 0.2) is 0 Å². The Hall–Kier alpha value is -0.120. The Morgan fingerprint density at radius 3 is 1.56 bits per heavy atom. The first-order valence-electron chi connectivity index (χ1n) is 3.09. The van der Waals surface area contributed by atoms with Crippen molar-refractivity contribution in [2.75, 3.05) is 27.3 Å². The molecule has 0 unspecified atom stereocenters. The summed E-state index contributed by atoms with van der Waals surface area (Å²) < 4.78 is 0. The number of nitrogens with one attached hydrogen (secondary N) is 1. The van der Waals surface area contributed by atoms with E-state index in [1.54, 1.807) is 0 Å². The molecule has 3 nitrogen and oxygen atoms in total. The van der Waals surface area contributed by atoms with Crippen molar-refractivity contribution in [2.24, 2.45) is 0 Å². The van der Waals surface area contributed by atoms with Crippen LogP contribution in [0.2, 0.25) is 0 Å². The second-order valence-corrected chi connectivity index (χ2v) is 2.88. The average Bonchev–Trinajstić information content (AvgIpc) is 1.86. The molecule has 56 valence electrons. The van der Waals surface area contributed by atoms with E-state index in [9.17, 15) is 0 Å². The molecule has 0 bridgehead atoms. The Morgan fingerprint density at radius 2 is 1.56 bits per heavy atom. The van der Waals surface area contributed by atoms with Crippen molar-refractivity contribution in [3.8, 4) is 0 Å². The van der Waals surface area contributed by atoms with E-state index in [4.69, 9.17) is 10.2 Å². The van der Waals surface area contributed by atoms with E-state index in [1.807, 2.05) is 21.0 Å². The smallest absolute Gasteiger partial charge is 0.141 e. The van der Waals surface area contributed by atoms with Crippen LogP contribution in [0.5, 0.6) is 0 Å². The van der Waals surface area contributed by atoms with Gasteiger partial charge in [0.25, 0.3) is 0 Å². The fourth-order valence-corrected chi connectivity index (χ4v) is 0.366. The number of aliphatic hydroxyl groups excluding tert-OH is 2. The lowest BCUT2D eigenvalue weighted by Crippen LogP contribution is -3.16. The minimum absolute atomic E-state index is 0.0197. The number of aliphatic hydroxyl groups is 2. The minimum atomic E-state index is -0.389. The van der Waals surface area contributed by atoms with Gasteiger partial charge in [-0.2, -0.15) is 0 Å². The van der Waals surface area contributed by atoms with E-state index in [-0.39, 0.29) is 18.8 Å². The Kier molecular flexibility index (Phi) is 3.11. The number of rotatable bonds is 3. The predicted molar refractivity (Wildman–Crippen MR) is 35.4 cm³/mol. The maximum Gasteiger partial charge on any atom is 0.141 e. The van der Waals surface area contributed by atoms with Crippen LogP contribution in [0.3, 0.4) is 0 Å². The van der Waals surface area contributed by atoms with Gasteiger partial charge in [-0.3, -0.25) is 0 Å². The summed E-state index contributed by atoms with van der Waals surface area (Å²) in [5, 5.41) is 17.5. The van der Waals surface area contributed by atoms with Crippen LogP contribution in [-0.2, 0) is 0 Å². The molecule has 0 aliphatic heterocycles. The zero-order valence-corrected chi connectivity index (χ0v) is 6.31. The van der Waals surface area contributed by atoms with E-state index in [1.165, 1.54) is 0 Å². The summed E-state index contributed by atoms with van der Waals surface area (Å²) in [5.41, 5.74) is -0.389. The SMILES string of the molecule is C[NH+](C)C(C)(CO)CO. The zero-order chi connectivity index (χ0) is 7.49. The summed E-state index contributed by atoms with van der Waals surface area (Å²) in [4.78, 5) is 1.06. The van der Waals surface area contributed by atoms with E-state index >= 15 is 0 Å². The fraction of sp³-hybridized carbons (Fsp3) is 1.00. The predicted octanol–water partition coefficient (Wildman–Crippen LogP) is -2.13. The molecule has 0 spiro atoms. The van der Waals surface area contributed by atoms with Crippen LogP contribution >= 0.6 is 0 Å². The molecule has 0 aromatic carbocycles. The molecule has 3 N–H and O–H groups in total. The number of likely N-dealkylation sites (N-methyl/N-ethyl adjacent to an activating group) is 1. The Morgan fingerprint density at radius 1 is 1.22 bits per heavy atom. The lowest BCUT2D eigenvalue weighted by Gasteiger charge is -2.28. The summed E-state index contributed by atoms with van der Waals surface area (Å²) in [5.74, 6) is 0. The molecular formula is C6H16NO2+. The third kappa shape index (κ3) is 1.93. The third-order valence-electron chi connectivity index (χ3n) is 1.91. The Bertz CT molecular complexity index is 79.1. The maximum absolute atomic E-state index is 8.77. The van der Waals surface area contributed by atoms with E-state index < -0.39 is 0 Å². The molecule has 0 atom stereocenters. The van der Waals surface area contributed by atoms with E-state index in [0.717, 1.165) is 4.90 Å². The molecule has 0 fully saturated rings. The monoisotopic (exact) mass is 134 g/mol. The van der Waals surface area contributed by atoms with Gasteiger partial charge >= 0.3 is 0 Å². The first-order valence-corrected chi connectivity index (χ1v) is 3.09. The van der Waals surface area contributed by atoms with Crippen molar-refractivity contribution >= 4 is 0 Å². The van der Waals surface area contributed by atoms with Crippen LogP contribution in [0.1, 0.15) is 6.92 Å². The van der Waals surface area contributed by atoms with Crippen LogP contribution in [0.4, 0.5) is 0 Å². The number of hydrogen-bond acceptors (Lipinski definition) is 2. The van der Waals surface area contributed by atoms with Crippen LogP contribution in [-0.4, -0.2) is 43.1 Å². The number of hydrogen-bond donors (Lipinski definition) is 3. The molecule has 3 heteroatoms. The molecule has 0 aliphatic rings. The Balaban J connectivity index is 3.92. The van der Waals surface area contributed by atoms with Crippen molar-refractivity contribution in [3.63, 3.8) is 0 Å². The molecule has 0 radical (unpaired) electrons. The largest absolute Gasteiger partial charge is 0.390 e. The van der Waals surface area contributed by atoms with Gasteiger partial charge in [-0.25, -0.2) is 0 Å². The molecule has 0 saturated heterocycles. The summed E-state index contributed by atoms with van der Waals surface area (Å²) in [7, 11) is 3.82. The van der Waals surface area contributed by atoms with Gasteiger partial charge < -0.3 is 15.1 Å². The first-order chi connectivity index (χ1) is 4.06. The lowest BCUT2D eigenvalue weighted by atomic mass is 10.0. The summed E-state index contributed by atoms with van der Waals surface area (Å²) >= 11 is 0. The first kappa shape index (κ1) is 8.88. The quantitative estimate of drug-likeness (QED) is 0.413. The van der Waals surface area contributed by atoms with Gasteiger partial charge in [0.1, 0.15) is 5.54 Å². The second kappa shape index (κ2) is 3.15. The normalized spacial score (nSPS) is 12.7. The number of quaternary nitrogens is 1. The van der Waals surface area contributed by atoms with E-state index in [0.29, 0.717) is 0 Å². The molecule has 0 heterocycles. The molecule has 0 rings (SSSR count). The van der Waals surface area contributed by atoms with Gasteiger partial charge in [0, 0.05) is 0 Å². The molecule has 0 aromatic heterocycles. The molecule has 9 heavy (non-hydrogen) atoms. The highest BCUT2D eigenvalue weighted by molar-refractivity contribution is 4.68. The molecule has 0 amide bonds. The van der Waals surface area contributed by atoms with Crippen LogP contribution < -0.4 is 4.90 Å². The summed E-state index contributed by atoms with van der Waals surface area (Å²) in [6, 6.07) is 0. The van der Waals surface area contributed by atoms with Crippen LogP contribution in [0.25, 0.3) is 0 Å². The van der Waals surface area contributed by atoms with Gasteiger partial charge in [0.05, 0.1) is 27.3 Å². The van der Waals surface area contributed by atoms with E-state index in [2.05, 4.69) is 0 Å². The molecule has 0 aromatic rings. The highest BCUT2D eigenvalue weighted by Gasteiger charge is 2.28. The molecule has 0 aliphatic carbocycles. The summed E-state index contributed by atoms with van der Waals surface area (Å²) in [6.07, 6.45) is 0. The fourth-order valence-electron chi connectivity index (χ4n) is 0.366. The topological polar surface area (TPSA) is 44.9 Å². The average molecular weight is 134 g/mol. The van der Waals surface area contributed by atoms with Crippen LogP contribution in [0.15, 0.2) is 0 Å². The standard InChI is InChI=1S/C6H15NO2/c1-6(4-8,5-9)7(2)3/h8-9H,4-5H2,1-3H3/p+1. The minimum Gasteiger partial charge on any atom is -0.390 e. The van der Waals surface area contributed by atoms with Crippen molar-refractivity contribution < 1.29 is 15.1 Å². The zero-order valence-electron chi connectivity index (χ0n) is 6.31. The third-order valence-corrected chi connectivity index (χ3v) is 1.91. The Labute approximate surface area is 55.9 Å². The van der Waals surface area contributed by atoms with Crippen molar-refractivity contribution in [1.29, 1.82) is 0 Å². The molecule has 0 saturated carbocycles. The summed E-state index contributed by atoms with van der Waals surface area (Å²) in [6.45, 7) is 1.88. The van der Waals surface area contributed by atoms with Gasteiger partial charge in [-0.05, 0) is 6.92 Å². The van der Waals surface area contributed by atoms with Crippen molar-refractivity contribution in [1.82, 2.24) is 0 Å². The van der Waals surface area contributed by atoms with Crippen molar-refractivity contribution in [3.05, 3.63) is 0 Å². The molecular weight excluding hydrogens is 118 g/mol. The van der Waals surface area contributed by atoms with Gasteiger partial charge in [0.2, 0.25) is 0 Å². The van der Waals surface area contributed by atoms with Gasteiger partial charge in [-0.15, -0.1) is 0 Å². The highest BCUT2D eigenvalue weighted by atomic mass is 16.3. The second-order valence-electron chi connectivity index (χ2n) is 2.88. The van der Waals surface area contributed by atoms with Crippen molar-refractivity contribution in [2.45, 2.75) is 12.5 Å². The lowest BCUT2D eigenvalue weighted by molar-refractivity contribution is -0.914. The van der Waals surface area contributed by atoms with Crippen LogP contribution in [0, 0.1) is 0 Å².